The summed E-state index contributed by atoms with van der Waals surface area (Å²) < 4.78 is 41.9. The third kappa shape index (κ3) is 32.5. The average molecular weight is 1580 g/mol. The number of carbonyl (C=O) groups is 1. The highest BCUT2D eigenvalue weighted by molar-refractivity contribution is 5.97. The van der Waals surface area contributed by atoms with E-state index in [0.29, 0.717) is 50.1 Å². The van der Waals surface area contributed by atoms with E-state index in [4.69, 9.17) is 32.6 Å². The minimum absolute atomic E-state index is 0.0308. The molecule has 4 aliphatic heterocycles. The molecule has 0 radical (unpaired) electrons. The number of aryl methyl sites for hydroxylation is 2. The van der Waals surface area contributed by atoms with E-state index in [1.807, 2.05) is 20.2 Å². The lowest BCUT2D eigenvalue weighted by atomic mass is 9.70. The van der Waals surface area contributed by atoms with Gasteiger partial charge >= 0.3 is 0 Å². The lowest BCUT2D eigenvalue weighted by Gasteiger charge is -2.43. The summed E-state index contributed by atoms with van der Waals surface area (Å²) in [4.78, 5) is 20.8. The molecule has 113 heavy (non-hydrogen) atoms. The Kier molecular flexibility index (Phi) is 35.3. The second-order valence-corrected chi connectivity index (χ2v) is 49.0. The summed E-state index contributed by atoms with van der Waals surface area (Å²) in [5, 5.41) is 14.6. The second kappa shape index (κ2) is 37.8. The summed E-state index contributed by atoms with van der Waals surface area (Å²) in [6, 6.07) is 0. The Morgan fingerprint density at radius 2 is 0.814 bits per heavy atom. The number of allylic oxidation sites excluding steroid dienone is 11. The van der Waals surface area contributed by atoms with Crippen molar-refractivity contribution in [1.29, 1.82) is 0 Å². The van der Waals surface area contributed by atoms with Crippen LogP contribution >= 0.6 is 0 Å². The predicted octanol–water partition coefficient (Wildman–Crippen LogP) is 28.5. The smallest absolute Gasteiger partial charge is 0.181 e. The molecule has 1 unspecified atom stereocenters. The lowest BCUT2D eigenvalue weighted by Crippen LogP contribution is -2.42. The van der Waals surface area contributed by atoms with Crippen LogP contribution in [0.3, 0.4) is 0 Å². The Morgan fingerprint density at radius 1 is 0.398 bits per heavy atom. The van der Waals surface area contributed by atoms with Crippen molar-refractivity contribution in [2.75, 3.05) is 33.0 Å². The van der Waals surface area contributed by atoms with E-state index >= 15 is 0 Å². The zero-order valence-electron chi connectivity index (χ0n) is 83.4. The number of ketones is 1. The normalized spacial score (nSPS) is 18.3. The monoisotopic (exact) mass is 1580 g/mol. The van der Waals surface area contributed by atoms with Gasteiger partial charge in [-0.05, 0) is 76.7 Å². The predicted molar refractivity (Wildman–Crippen MR) is 480 cm³/mol. The fourth-order valence-electron chi connectivity index (χ4n) is 14.9. The molecular weight excluding hydrogens is 1400 g/mol. The summed E-state index contributed by atoms with van der Waals surface area (Å²) in [7, 11) is 2.07. The van der Waals surface area contributed by atoms with E-state index in [1.165, 1.54) is 41.1 Å². The minimum Gasteiger partial charge on any atom is -0.497 e. The van der Waals surface area contributed by atoms with Crippen LogP contribution in [-0.4, -0.2) is 69.2 Å². The molecule has 0 amide bonds. The quantitative estimate of drug-likeness (QED) is 0.228. The van der Waals surface area contributed by atoms with Gasteiger partial charge in [-0.1, -0.05) is 355 Å². The van der Waals surface area contributed by atoms with Crippen molar-refractivity contribution in [1.82, 2.24) is 19.7 Å². The van der Waals surface area contributed by atoms with Crippen molar-refractivity contribution < 1.29 is 42.5 Å². The van der Waals surface area contributed by atoms with Crippen LogP contribution in [0, 0.1) is 61.1 Å². The molecule has 1 atom stereocenters. The first-order valence-corrected chi connectivity index (χ1v) is 42.5. The van der Waals surface area contributed by atoms with Crippen LogP contribution in [0.15, 0.2) is 90.5 Å². The summed E-state index contributed by atoms with van der Waals surface area (Å²) >= 11 is 0. The molecule has 13 nitrogen and oxygen atoms in total. The van der Waals surface area contributed by atoms with E-state index in [9.17, 15) is 9.90 Å². The molecule has 652 valence electrons. The molecule has 0 bridgehead atoms. The molecular formula is C100H178N4O9. The van der Waals surface area contributed by atoms with Crippen molar-refractivity contribution in [2.24, 2.45) is 61.2 Å². The van der Waals surface area contributed by atoms with Crippen LogP contribution in [0.5, 0.6) is 0 Å². The van der Waals surface area contributed by atoms with E-state index < -0.39 is 5.60 Å². The van der Waals surface area contributed by atoms with Crippen molar-refractivity contribution in [3.63, 3.8) is 0 Å². The van der Waals surface area contributed by atoms with Crippen molar-refractivity contribution >= 4 is 5.78 Å². The molecule has 7 heterocycles. The number of carbonyl (C=O) groups excluding carboxylic acids is 1. The third-order valence-corrected chi connectivity index (χ3v) is 19.6. The summed E-state index contributed by atoms with van der Waals surface area (Å²) in [5.41, 5.74) is 13.1. The van der Waals surface area contributed by atoms with Gasteiger partial charge in [0.25, 0.3) is 0 Å². The summed E-state index contributed by atoms with van der Waals surface area (Å²) in [6.07, 6.45) is 12.8. The highest BCUT2D eigenvalue weighted by Gasteiger charge is 2.44. The number of hydrogen-bond donors (Lipinski definition) is 1. The van der Waals surface area contributed by atoms with Crippen molar-refractivity contribution in [2.45, 2.75) is 416 Å². The Balaban J connectivity index is 0.000000646. The molecule has 0 saturated carbocycles. The van der Waals surface area contributed by atoms with Gasteiger partial charge in [0.1, 0.15) is 53.5 Å². The number of aromatic nitrogens is 4. The van der Waals surface area contributed by atoms with Gasteiger partial charge in [0.05, 0.1) is 48.8 Å². The maximum atomic E-state index is 12.0. The molecule has 5 aliphatic rings. The van der Waals surface area contributed by atoms with Crippen LogP contribution in [0.4, 0.5) is 0 Å². The molecule has 8 rings (SSSR count). The van der Waals surface area contributed by atoms with Gasteiger partial charge in [0.15, 0.2) is 12.2 Å². The molecule has 0 aromatic carbocycles. The largest absolute Gasteiger partial charge is 0.497 e. The fourth-order valence-corrected chi connectivity index (χ4v) is 14.9. The maximum Gasteiger partial charge on any atom is 0.181 e. The number of aliphatic hydroxyl groups is 1. The zero-order valence-corrected chi connectivity index (χ0v) is 83.4. The number of rotatable bonds is 0. The fraction of sp³-hybridized carbons (Fsp3) is 0.780. The topological polar surface area (TPSA) is 153 Å². The zero-order chi connectivity index (χ0) is 89.4. The van der Waals surface area contributed by atoms with Crippen LogP contribution in [0.25, 0.3) is 0 Å². The van der Waals surface area contributed by atoms with Crippen molar-refractivity contribution in [3.05, 3.63) is 121 Å². The van der Waals surface area contributed by atoms with E-state index in [1.54, 1.807) is 17.5 Å². The number of ether oxygens (including phenoxy) is 5. The van der Waals surface area contributed by atoms with Crippen LogP contribution in [0.2, 0.25) is 0 Å². The molecule has 13 heteroatoms. The highest BCUT2D eigenvalue weighted by atomic mass is 16.6. The highest BCUT2D eigenvalue weighted by Crippen LogP contribution is 2.49. The molecule has 1 aliphatic carbocycles. The number of nitrogens with zero attached hydrogens (tertiary/aromatic N) is 4. The van der Waals surface area contributed by atoms with Gasteiger partial charge in [0, 0.05) is 96.4 Å². The molecule has 0 fully saturated rings. The summed E-state index contributed by atoms with van der Waals surface area (Å²) in [6.45, 7) is 112. The van der Waals surface area contributed by atoms with Gasteiger partial charge in [-0.15, -0.1) is 0 Å². The SMILES string of the molecule is CC(C)(C)C1=C(C(C)(C)C)C(=O)CCO1.CC(C)(C)C1=C(C(C)(C)C)C(C)(O)CCO1.CC(C)(C)C1=C(C(C)(C)C)CC=C1.CC(C)(C)C1=C(C(C)(C)C)OCCC1.CC(C)(C)C1=C(C(C)(C)C)OCCO1.CC(C)(C)c1ncoc1C(C)(C)C.Cc1noc(C(C)(C)C)c1C(C)(C)C.Cn1cnc(C(C)(C)C)c1C(C)(C)C. The summed E-state index contributed by atoms with van der Waals surface area (Å²) in [5.74, 6) is 7.37. The Hall–Kier alpha value is -5.30. The number of Topliss-reactive ketones (excluding diaryl/α,β-unsaturated/α-hetero) is 1. The van der Waals surface area contributed by atoms with Crippen LogP contribution < -0.4 is 0 Å². The number of oxazole rings is 1. The molecule has 3 aromatic rings. The third-order valence-electron chi connectivity index (χ3n) is 19.6. The molecule has 1 N–H and O–H groups in total. The van der Waals surface area contributed by atoms with Crippen LogP contribution in [0.1, 0.15) is 411 Å². The second-order valence-electron chi connectivity index (χ2n) is 49.0. The first-order chi connectivity index (χ1) is 49.8. The molecule has 0 saturated heterocycles. The lowest BCUT2D eigenvalue weighted by molar-refractivity contribution is -0.119. The average Bonchev–Trinajstić information content (AvgIpc) is 1.54. The van der Waals surface area contributed by atoms with Gasteiger partial charge < -0.3 is 42.3 Å². The first-order valence-electron chi connectivity index (χ1n) is 42.5. The van der Waals surface area contributed by atoms with Gasteiger partial charge in [0.2, 0.25) is 0 Å². The maximum absolute atomic E-state index is 12.0. The van der Waals surface area contributed by atoms with E-state index in [2.05, 4.69) is 371 Å². The Morgan fingerprint density at radius 3 is 1.12 bits per heavy atom. The Bertz CT molecular complexity index is 3530. The van der Waals surface area contributed by atoms with Gasteiger partial charge in [-0.25, -0.2) is 9.97 Å². The van der Waals surface area contributed by atoms with Crippen LogP contribution in [-0.2, 0) is 68.0 Å². The Labute approximate surface area is 696 Å². The van der Waals surface area contributed by atoms with Gasteiger partial charge in [-0.3, -0.25) is 4.79 Å². The standard InChI is InChI=1S/C14H26O2.C13H22O2.C13H24O.C13H22.C12H22N2.C12H21NO.C12H22O2.C11H19NO/c1-12(2,3)10-11(13(4,5)6)16-9-8-14(10,7)15;1-12(2,3)10-9(14)7-8-15-11(10)13(4,5)6;1-12(2,3)10-8-7-9-14-11(10)13(4,5)6;1-12(2,3)10-8-7-9-11(10)13(4,5)6;1-11(2,3)9-10(12(4,5)6)14(7)8-13-9;1-8-9(11(2,3)4)10(14-13-8)12(5,6)7;1-11(2,3)9-10(12(4,5)6)14-8-7-13-9;1-10(2,3)8-9(11(4,5)6)13-7-12-8/h15H,8-9H2,1-7H3;7-8H2,1-6H3;7-9H2,1-6H3;7-8H,9H2,1-6H3;8H,1-7H3;1-7H3;7-8H2,1-6H3;7H,1-6H3. The van der Waals surface area contributed by atoms with Crippen molar-refractivity contribution in [3.8, 4) is 0 Å². The van der Waals surface area contributed by atoms with E-state index in [-0.39, 0.29) is 81.6 Å². The molecule has 3 aromatic heterocycles. The molecule has 0 spiro atoms. The number of imidazole rings is 1. The minimum atomic E-state index is -0.737. The first kappa shape index (κ1) is 106. The van der Waals surface area contributed by atoms with E-state index in [0.717, 1.165) is 70.1 Å². The number of hydrogen-bond acceptors (Lipinski definition) is 12. The van der Waals surface area contributed by atoms with Gasteiger partial charge in [-0.2, -0.15) is 0 Å².